The molecule has 0 aliphatic heterocycles. The van der Waals surface area contributed by atoms with Crippen LogP contribution >= 0.6 is 0 Å². The lowest BCUT2D eigenvalue weighted by Crippen LogP contribution is -2.02. The molecule has 128 valence electrons. The smallest absolute Gasteiger partial charge is 0.218 e. The number of nitrogens with one attached hydrogen (secondary N) is 1. The first-order valence-electron chi connectivity index (χ1n) is 7.94. The molecule has 0 spiro atoms. The molecule has 1 atom stereocenters. The Morgan fingerprint density at radius 1 is 0.885 bits per heavy atom. The van der Waals surface area contributed by atoms with Crippen LogP contribution in [-0.2, 0) is 10.8 Å². The van der Waals surface area contributed by atoms with E-state index in [1.54, 1.807) is 12.5 Å². The molecule has 1 N–H and O–H groups in total. The summed E-state index contributed by atoms with van der Waals surface area (Å²) in [4.78, 5) is 16.8. The topological polar surface area (TPSA) is 80.7 Å². The molecule has 2 aromatic carbocycles. The lowest BCUT2D eigenvalue weighted by Gasteiger charge is -2.09. The second-order valence-corrected chi connectivity index (χ2v) is 6.90. The lowest BCUT2D eigenvalue weighted by molar-refractivity contribution is 0.680. The van der Waals surface area contributed by atoms with E-state index < -0.39 is 10.8 Å². The van der Waals surface area contributed by atoms with Crippen LogP contribution in [0.15, 0.2) is 72.3 Å². The van der Waals surface area contributed by atoms with Gasteiger partial charge in [-0.15, -0.1) is 0 Å². The zero-order valence-corrected chi connectivity index (χ0v) is 14.8. The zero-order chi connectivity index (χ0) is 17.9. The highest BCUT2D eigenvalue weighted by Gasteiger charge is 2.10. The van der Waals surface area contributed by atoms with Crippen molar-refractivity contribution < 1.29 is 4.21 Å². The normalized spacial score (nSPS) is 12.0. The van der Waals surface area contributed by atoms with Crippen LogP contribution in [0, 0.1) is 0 Å². The van der Waals surface area contributed by atoms with E-state index in [4.69, 9.17) is 0 Å². The molecule has 0 saturated heterocycles. The van der Waals surface area contributed by atoms with Gasteiger partial charge in [-0.1, -0.05) is 42.5 Å². The molecule has 26 heavy (non-hydrogen) atoms. The third-order valence-electron chi connectivity index (χ3n) is 3.87. The van der Waals surface area contributed by atoms with Gasteiger partial charge in [-0.25, -0.2) is 19.9 Å². The molecule has 0 bridgehead atoms. The Bertz CT molecular complexity index is 1080. The maximum atomic E-state index is 11.7. The van der Waals surface area contributed by atoms with E-state index in [1.165, 1.54) is 6.33 Å². The van der Waals surface area contributed by atoms with Crippen LogP contribution in [0.3, 0.4) is 0 Å². The third kappa shape index (κ3) is 3.29. The first-order chi connectivity index (χ1) is 12.7. The second-order valence-electron chi connectivity index (χ2n) is 5.63. The van der Waals surface area contributed by atoms with Crippen molar-refractivity contribution >= 4 is 33.3 Å². The summed E-state index contributed by atoms with van der Waals surface area (Å²) in [6.45, 7) is 0. The minimum absolute atomic E-state index is 0.259. The molecule has 0 amide bonds. The second kappa shape index (κ2) is 6.97. The van der Waals surface area contributed by atoms with Crippen molar-refractivity contribution in [3.63, 3.8) is 0 Å². The number of rotatable bonds is 4. The average molecular weight is 361 g/mol. The van der Waals surface area contributed by atoms with Gasteiger partial charge in [0, 0.05) is 11.9 Å². The summed E-state index contributed by atoms with van der Waals surface area (Å²) >= 11 is 0. The van der Waals surface area contributed by atoms with Gasteiger partial charge in [-0.3, -0.25) is 4.21 Å². The summed E-state index contributed by atoms with van der Waals surface area (Å²) in [7, 11) is -1.27. The SMILES string of the molecule is CS(=O)c1ncc2ncnc(Nc3ccc(-c4ccccc4)cc3)c2n1. The number of hydrogen-bond donors (Lipinski definition) is 1. The van der Waals surface area contributed by atoms with Gasteiger partial charge in [0.25, 0.3) is 0 Å². The van der Waals surface area contributed by atoms with Gasteiger partial charge in [0.1, 0.15) is 17.4 Å². The van der Waals surface area contributed by atoms with Gasteiger partial charge >= 0.3 is 0 Å². The predicted octanol–water partition coefficient (Wildman–Crippen LogP) is 3.57. The first-order valence-corrected chi connectivity index (χ1v) is 9.50. The van der Waals surface area contributed by atoms with Crippen molar-refractivity contribution in [2.45, 2.75) is 5.16 Å². The molecule has 4 rings (SSSR count). The minimum atomic E-state index is -1.27. The van der Waals surface area contributed by atoms with Crippen LogP contribution in [0.25, 0.3) is 22.2 Å². The predicted molar refractivity (Wildman–Crippen MR) is 103 cm³/mol. The van der Waals surface area contributed by atoms with Gasteiger partial charge in [-0.2, -0.15) is 0 Å². The number of nitrogens with zero attached hydrogens (tertiary/aromatic N) is 4. The van der Waals surface area contributed by atoms with Gasteiger partial charge in [0.05, 0.1) is 17.0 Å². The molecule has 2 aromatic heterocycles. The Morgan fingerprint density at radius 2 is 1.62 bits per heavy atom. The van der Waals surface area contributed by atoms with Crippen molar-refractivity contribution in [1.29, 1.82) is 0 Å². The van der Waals surface area contributed by atoms with E-state index in [1.807, 2.05) is 42.5 Å². The fraction of sp³-hybridized carbons (Fsp3) is 0.0526. The van der Waals surface area contributed by atoms with E-state index >= 15 is 0 Å². The minimum Gasteiger partial charge on any atom is -0.338 e. The van der Waals surface area contributed by atoms with E-state index in [2.05, 4.69) is 37.4 Å². The van der Waals surface area contributed by atoms with Crippen LogP contribution in [0.4, 0.5) is 11.5 Å². The molecule has 0 aliphatic rings. The van der Waals surface area contributed by atoms with Gasteiger partial charge < -0.3 is 5.32 Å². The molecule has 0 aliphatic carbocycles. The maximum Gasteiger partial charge on any atom is 0.218 e. The molecule has 4 aromatic rings. The largest absolute Gasteiger partial charge is 0.338 e. The van der Waals surface area contributed by atoms with Crippen LogP contribution < -0.4 is 5.32 Å². The fourth-order valence-corrected chi connectivity index (χ4v) is 3.00. The van der Waals surface area contributed by atoms with E-state index in [0.29, 0.717) is 16.9 Å². The van der Waals surface area contributed by atoms with Crippen molar-refractivity contribution in [3.05, 3.63) is 67.1 Å². The van der Waals surface area contributed by atoms with Crippen molar-refractivity contribution in [2.24, 2.45) is 0 Å². The van der Waals surface area contributed by atoms with Gasteiger partial charge in [0.15, 0.2) is 5.82 Å². The van der Waals surface area contributed by atoms with E-state index in [0.717, 1.165) is 16.8 Å². The highest BCUT2D eigenvalue weighted by molar-refractivity contribution is 7.84. The van der Waals surface area contributed by atoms with E-state index in [-0.39, 0.29) is 5.16 Å². The Labute approximate surface area is 152 Å². The fourth-order valence-electron chi connectivity index (χ4n) is 2.58. The molecular weight excluding hydrogens is 346 g/mol. The summed E-state index contributed by atoms with van der Waals surface area (Å²) < 4.78 is 11.7. The standard InChI is InChI=1S/C19H15N5OS/c1-26(25)19-20-11-16-17(24-19)18(22-12-21-16)23-15-9-7-14(8-10-15)13-5-3-2-4-6-13/h2-12H,1H3,(H,21,22,23). The Hall–Kier alpha value is -3.19. The molecule has 0 fully saturated rings. The molecule has 6 nitrogen and oxygen atoms in total. The van der Waals surface area contributed by atoms with Gasteiger partial charge in [0.2, 0.25) is 5.16 Å². The van der Waals surface area contributed by atoms with Crippen LogP contribution in [-0.4, -0.2) is 30.4 Å². The number of hydrogen-bond acceptors (Lipinski definition) is 6. The quantitative estimate of drug-likeness (QED) is 0.560. The number of benzene rings is 2. The van der Waals surface area contributed by atoms with Crippen molar-refractivity contribution in [2.75, 3.05) is 11.6 Å². The molecule has 1 unspecified atom stereocenters. The summed E-state index contributed by atoms with van der Waals surface area (Å²) in [6, 6.07) is 18.2. The molecule has 0 radical (unpaired) electrons. The summed E-state index contributed by atoms with van der Waals surface area (Å²) in [5.74, 6) is 0.552. The van der Waals surface area contributed by atoms with E-state index in [9.17, 15) is 4.21 Å². The number of fused-ring (bicyclic) bond motifs is 1. The van der Waals surface area contributed by atoms with Crippen LogP contribution in [0.1, 0.15) is 0 Å². The first kappa shape index (κ1) is 16.3. The Balaban J connectivity index is 1.67. The monoisotopic (exact) mass is 361 g/mol. The number of anilines is 2. The van der Waals surface area contributed by atoms with Crippen LogP contribution in [0.2, 0.25) is 0 Å². The average Bonchev–Trinajstić information content (AvgIpc) is 2.69. The highest BCUT2D eigenvalue weighted by Crippen LogP contribution is 2.24. The molecular formula is C19H15N5OS. The highest BCUT2D eigenvalue weighted by atomic mass is 32.2. The summed E-state index contributed by atoms with van der Waals surface area (Å²) in [5, 5.41) is 3.51. The van der Waals surface area contributed by atoms with Gasteiger partial charge in [-0.05, 0) is 23.3 Å². The Kier molecular flexibility index (Phi) is 4.37. The summed E-state index contributed by atoms with van der Waals surface area (Å²) in [6.07, 6.45) is 4.56. The van der Waals surface area contributed by atoms with Crippen LogP contribution in [0.5, 0.6) is 0 Å². The Morgan fingerprint density at radius 3 is 2.35 bits per heavy atom. The zero-order valence-electron chi connectivity index (χ0n) is 14.0. The molecule has 2 heterocycles. The molecule has 0 saturated carbocycles. The third-order valence-corrected chi connectivity index (χ3v) is 4.58. The lowest BCUT2D eigenvalue weighted by atomic mass is 10.1. The van der Waals surface area contributed by atoms with Crippen molar-refractivity contribution in [1.82, 2.24) is 19.9 Å². The summed E-state index contributed by atoms with van der Waals surface area (Å²) in [5.41, 5.74) is 4.31. The molecule has 7 heteroatoms. The number of aromatic nitrogens is 4. The maximum absolute atomic E-state index is 11.7. The van der Waals surface area contributed by atoms with Crippen molar-refractivity contribution in [3.8, 4) is 11.1 Å².